The number of hydrogen-bond acceptors (Lipinski definition) is 3. The van der Waals surface area contributed by atoms with E-state index >= 15 is 0 Å². The third kappa shape index (κ3) is 3.44. The number of piperazine rings is 1. The molecule has 1 unspecified atom stereocenters. The molecule has 0 aromatic heterocycles. The molecule has 1 rings (SSSR count). The van der Waals surface area contributed by atoms with Crippen molar-refractivity contribution in [3.63, 3.8) is 0 Å². The van der Waals surface area contributed by atoms with Gasteiger partial charge in [0, 0.05) is 25.7 Å². The number of nitrogens with one attached hydrogen (secondary N) is 1. The van der Waals surface area contributed by atoms with Gasteiger partial charge in [-0.15, -0.1) is 0 Å². The van der Waals surface area contributed by atoms with E-state index in [1.165, 1.54) is 0 Å². The number of hydrogen-bond donors (Lipinski definition) is 1. The molecule has 0 aromatic carbocycles. The summed E-state index contributed by atoms with van der Waals surface area (Å²) in [5.74, 6) is 0. The fourth-order valence-electron chi connectivity index (χ4n) is 1.37. The second-order valence-corrected chi connectivity index (χ2v) is 3.76. The molecule has 1 N–H and O–H groups in total. The second-order valence-electron chi connectivity index (χ2n) is 2.73. The third-order valence-electron chi connectivity index (χ3n) is 2.06. The van der Waals surface area contributed by atoms with E-state index in [1.54, 1.807) is 0 Å². The van der Waals surface area contributed by atoms with Gasteiger partial charge in [0.15, 0.2) is 0 Å². The predicted molar refractivity (Wildman–Crippen MR) is 53.6 cm³/mol. The maximum Gasteiger partial charge on any atom is 1.00 e. The smallest absolute Gasteiger partial charge is 0.411 e. The van der Waals surface area contributed by atoms with Crippen LogP contribution in [0.3, 0.4) is 0 Å². The molecule has 0 radical (unpaired) electrons. The molecule has 1 fully saturated rings. The van der Waals surface area contributed by atoms with Crippen LogP contribution in [0.2, 0.25) is 0 Å². The van der Waals surface area contributed by atoms with Crippen molar-refractivity contribution >= 4 is 29.2 Å². The Balaban J connectivity index is 0.00000121. The van der Waals surface area contributed by atoms with Gasteiger partial charge in [-0.1, -0.05) is 11.2 Å². The van der Waals surface area contributed by atoms with E-state index in [2.05, 4.69) is 17.1 Å². The Morgan fingerprint density at radius 1 is 1.75 bits per heavy atom. The van der Waals surface area contributed by atoms with Crippen LogP contribution in [-0.4, -0.2) is 34.9 Å². The van der Waals surface area contributed by atoms with Crippen molar-refractivity contribution in [1.29, 1.82) is 0 Å². The third-order valence-corrected chi connectivity index (χ3v) is 2.52. The van der Waals surface area contributed by atoms with E-state index in [4.69, 9.17) is 24.8 Å². The van der Waals surface area contributed by atoms with Crippen LogP contribution in [0.4, 0.5) is 0 Å². The van der Waals surface area contributed by atoms with Crippen molar-refractivity contribution in [2.45, 2.75) is 19.4 Å². The van der Waals surface area contributed by atoms with Gasteiger partial charge in [-0.25, -0.2) is 0 Å². The minimum Gasteiger partial charge on any atom is -0.411 e. The Labute approximate surface area is 107 Å². The maximum absolute atomic E-state index is 4.97. The molecular weight excluding hydrogens is 199 g/mol. The summed E-state index contributed by atoms with van der Waals surface area (Å²) in [5, 5.41) is 3.32. The fraction of sp³-hybridized carbons (Fsp3) is 0.857. The van der Waals surface area contributed by atoms with E-state index in [0.717, 1.165) is 26.1 Å². The van der Waals surface area contributed by atoms with Gasteiger partial charge in [-0.3, -0.25) is 0 Å². The molecule has 0 amide bonds. The molecule has 0 spiro atoms. The fourth-order valence-corrected chi connectivity index (χ4v) is 1.85. The van der Waals surface area contributed by atoms with Gasteiger partial charge in [0.1, 0.15) is 0 Å². The van der Waals surface area contributed by atoms with Crippen molar-refractivity contribution in [1.82, 2.24) is 10.2 Å². The Kier molecular flexibility index (Phi) is 7.09. The zero-order chi connectivity index (χ0) is 8.27. The van der Waals surface area contributed by atoms with Gasteiger partial charge in [0.2, 0.25) is 0 Å². The van der Waals surface area contributed by atoms with E-state index in [0.29, 0.717) is 10.4 Å². The minimum absolute atomic E-state index is 0. The molecule has 0 aromatic rings. The zero-order valence-corrected chi connectivity index (χ0v) is 11.3. The average Bonchev–Trinajstić information content (AvgIpc) is 2.04. The molecule has 1 heterocycles. The van der Waals surface area contributed by atoms with Gasteiger partial charge in [0.25, 0.3) is 0 Å². The van der Waals surface area contributed by atoms with Crippen molar-refractivity contribution in [3.05, 3.63) is 0 Å². The van der Waals surface area contributed by atoms with Gasteiger partial charge < -0.3 is 35.1 Å². The first-order valence-electron chi connectivity index (χ1n) is 3.94. The van der Waals surface area contributed by atoms with Crippen LogP contribution in [0.5, 0.6) is 0 Å². The molecule has 0 saturated carbocycles. The van der Waals surface area contributed by atoms with Crippen LogP contribution < -0.4 is 34.9 Å². The number of nitrogens with zero attached hydrogens (tertiary/aromatic N) is 1. The summed E-state index contributed by atoms with van der Waals surface area (Å²) in [4.78, 5) is 2.14. The average molecular weight is 212 g/mol. The van der Waals surface area contributed by atoms with Gasteiger partial charge in [0.05, 0.1) is 0 Å². The van der Waals surface area contributed by atoms with Crippen molar-refractivity contribution in [2.24, 2.45) is 0 Å². The molecule has 1 aliphatic heterocycles. The molecule has 0 aliphatic carbocycles. The molecule has 0 bridgehead atoms. The van der Waals surface area contributed by atoms with E-state index in [9.17, 15) is 0 Å². The Morgan fingerprint density at radius 3 is 2.83 bits per heavy atom. The standard InChI is InChI=1S/C7H14N2S2.Na/c1-2-6-5-8-3-4-9(6)7(10)11;/h6,8H,2-5H2,1H3,(H,10,11);/q;+1/p-1. The maximum atomic E-state index is 4.97. The Bertz CT molecular complexity index is 154. The molecule has 12 heavy (non-hydrogen) atoms. The van der Waals surface area contributed by atoms with Crippen LogP contribution in [0.15, 0.2) is 0 Å². The summed E-state index contributed by atoms with van der Waals surface area (Å²) in [6.45, 7) is 5.17. The second kappa shape index (κ2) is 6.51. The molecule has 2 nitrogen and oxygen atoms in total. The number of thiocarbonyl (C=S) groups is 1. The van der Waals surface area contributed by atoms with Crippen molar-refractivity contribution in [3.8, 4) is 0 Å². The van der Waals surface area contributed by atoms with Crippen LogP contribution in [-0.2, 0) is 12.6 Å². The van der Waals surface area contributed by atoms with E-state index in [1.807, 2.05) is 0 Å². The zero-order valence-electron chi connectivity index (χ0n) is 7.67. The monoisotopic (exact) mass is 212 g/mol. The SMILES string of the molecule is CCC1CNCCN1C(=S)[S-].[Na+]. The van der Waals surface area contributed by atoms with Crippen LogP contribution >= 0.6 is 12.2 Å². The predicted octanol–water partition coefficient (Wildman–Crippen LogP) is -2.49. The first-order valence-corrected chi connectivity index (χ1v) is 4.75. The van der Waals surface area contributed by atoms with Crippen molar-refractivity contribution < 1.29 is 29.6 Å². The van der Waals surface area contributed by atoms with E-state index < -0.39 is 0 Å². The first-order chi connectivity index (χ1) is 5.25. The van der Waals surface area contributed by atoms with Gasteiger partial charge in [-0.05, 0) is 6.42 Å². The van der Waals surface area contributed by atoms with Crippen LogP contribution in [0, 0.1) is 0 Å². The summed E-state index contributed by atoms with van der Waals surface area (Å²) in [6.07, 6.45) is 1.11. The topological polar surface area (TPSA) is 15.3 Å². The minimum atomic E-state index is 0. The molecule has 64 valence electrons. The van der Waals surface area contributed by atoms with Crippen LogP contribution in [0.25, 0.3) is 0 Å². The first kappa shape index (κ1) is 13.1. The van der Waals surface area contributed by atoms with Crippen molar-refractivity contribution in [2.75, 3.05) is 19.6 Å². The molecule has 1 saturated heterocycles. The summed E-state index contributed by atoms with van der Waals surface area (Å²) in [7, 11) is 0. The number of rotatable bonds is 1. The molecule has 5 heteroatoms. The van der Waals surface area contributed by atoms with Crippen LogP contribution in [0.1, 0.15) is 13.3 Å². The molecular formula is C7H13N2NaS2. The Morgan fingerprint density at radius 2 is 2.42 bits per heavy atom. The summed E-state index contributed by atoms with van der Waals surface area (Å²) >= 11 is 9.94. The quantitative estimate of drug-likeness (QED) is 0.294. The summed E-state index contributed by atoms with van der Waals surface area (Å²) < 4.78 is 0.623. The molecule has 1 aliphatic rings. The Hall–Kier alpha value is 1.07. The summed E-state index contributed by atoms with van der Waals surface area (Å²) in [6, 6.07) is 0.522. The molecule has 1 atom stereocenters. The largest absolute Gasteiger partial charge is 1.00 e. The van der Waals surface area contributed by atoms with Gasteiger partial charge in [-0.2, -0.15) is 0 Å². The normalized spacial score (nSPS) is 23.1. The van der Waals surface area contributed by atoms with E-state index in [-0.39, 0.29) is 29.6 Å². The van der Waals surface area contributed by atoms with Gasteiger partial charge >= 0.3 is 29.6 Å². The summed E-state index contributed by atoms with van der Waals surface area (Å²) in [5.41, 5.74) is 0.